The van der Waals surface area contributed by atoms with Crippen LogP contribution in [0.1, 0.15) is 45.0 Å². The molecule has 0 bridgehead atoms. The number of halogens is 1. The van der Waals surface area contributed by atoms with Gasteiger partial charge in [-0.1, -0.05) is 29.8 Å². The van der Waals surface area contributed by atoms with E-state index < -0.39 is 0 Å². The van der Waals surface area contributed by atoms with Gasteiger partial charge in [-0.2, -0.15) is 5.10 Å². The molecule has 1 unspecified atom stereocenters. The average Bonchev–Trinajstić information content (AvgIpc) is 2.68. The smallest absolute Gasteiger partial charge is 0.0624 e. The van der Waals surface area contributed by atoms with Gasteiger partial charge in [0, 0.05) is 17.1 Å². The summed E-state index contributed by atoms with van der Waals surface area (Å²) in [6, 6.07) is 2.25. The van der Waals surface area contributed by atoms with Gasteiger partial charge in [-0.15, -0.1) is 0 Å². The van der Waals surface area contributed by atoms with Crippen molar-refractivity contribution < 1.29 is 0 Å². The van der Waals surface area contributed by atoms with Crippen molar-refractivity contribution in [2.45, 2.75) is 57.8 Å². The van der Waals surface area contributed by atoms with Gasteiger partial charge >= 0.3 is 0 Å². The highest BCUT2D eigenvalue weighted by atomic mass is 79.9. The SMILES string of the molecule is CCc1cc(CCC(Br)CC)n(CC)n1. The first-order chi connectivity index (χ1) is 7.21. The van der Waals surface area contributed by atoms with E-state index in [1.54, 1.807) is 0 Å². The molecule has 1 heterocycles. The van der Waals surface area contributed by atoms with E-state index in [0.717, 1.165) is 19.4 Å². The lowest BCUT2D eigenvalue weighted by Crippen LogP contribution is -2.05. The van der Waals surface area contributed by atoms with Crippen molar-refractivity contribution in [1.82, 2.24) is 9.78 Å². The molecule has 15 heavy (non-hydrogen) atoms. The van der Waals surface area contributed by atoms with Crippen LogP contribution in [-0.4, -0.2) is 14.6 Å². The zero-order valence-corrected chi connectivity index (χ0v) is 11.5. The van der Waals surface area contributed by atoms with Gasteiger partial charge in [0.25, 0.3) is 0 Å². The first kappa shape index (κ1) is 12.8. The third-order valence-electron chi connectivity index (χ3n) is 2.73. The Morgan fingerprint density at radius 2 is 2.13 bits per heavy atom. The zero-order valence-electron chi connectivity index (χ0n) is 9.96. The highest BCUT2D eigenvalue weighted by Gasteiger charge is 2.07. The molecule has 1 rings (SSSR count). The van der Waals surface area contributed by atoms with E-state index >= 15 is 0 Å². The number of hydrogen-bond donors (Lipinski definition) is 0. The molecule has 0 saturated heterocycles. The summed E-state index contributed by atoms with van der Waals surface area (Å²) in [7, 11) is 0. The summed E-state index contributed by atoms with van der Waals surface area (Å²) in [5.74, 6) is 0. The molecule has 0 fully saturated rings. The predicted octanol–water partition coefficient (Wildman–Crippen LogP) is 3.57. The van der Waals surface area contributed by atoms with E-state index in [1.807, 2.05) is 0 Å². The van der Waals surface area contributed by atoms with Crippen molar-refractivity contribution in [3.63, 3.8) is 0 Å². The molecular formula is C12H21BrN2. The van der Waals surface area contributed by atoms with Gasteiger partial charge in [0.1, 0.15) is 0 Å². The summed E-state index contributed by atoms with van der Waals surface area (Å²) < 4.78 is 2.13. The fourth-order valence-electron chi connectivity index (χ4n) is 1.67. The van der Waals surface area contributed by atoms with Crippen LogP contribution in [0.3, 0.4) is 0 Å². The van der Waals surface area contributed by atoms with Crippen LogP contribution in [0, 0.1) is 0 Å². The third kappa shape index (κ3) is 3.63. The average molecular weight is 273 g/mol. The zero-order chi connectivity index (χ0) is 11.3. The lowest BCUT2D eigenvalue weighted by atomic mass is 10.1. The van der Waals surface area contributed by atoms with Crippen molar-refractivity contribution >= 4 is 15.9 Å². The number of aromatic nitrogens is 2. The Morgan fingerprint density at radius 3 is 2.67 bits per heavy atom. The van der Waals surface area contributed by atoms with Gasteiger partial charge in [-0.05, 0) is 38.7 Å². The molecule has 0 aliphatic carbocycles. The van der Waals surface area contributed by atoms with Crippen LogP contribution in [0.25, 0.3) is 0 Å². The summed E-state index contributed by atoms with van der Waals surface area (Å²) in [6.07, 6.45) is 4.56. The highest BCUT2D eigenvalue weighted by Crippen LogP contribution is 2.15. The van der Waals surface area contributed by atoms with Gasteiger partial charge < -0.3 is 0 Å². The molecule has 0 spiro atoms. The van der Waals surface area contributed by atoms with Crippen molar-refractivity contribution in [2.24, 2.45) is 0 Å². The van der Waals surface area contributed by atoms with Gasteiger partial charge in [-0.3, -0.25) is 4.68 Å². The Labute approximate surface area is 101 Å². The maximum Gasteiger partial charge on any atom is 0.0624 e. The lowest BCUT2D eigenvalue weighted by Gasteiger charge is -2.07. The normalized spacial score (nSPS) is 13.1. The molecule has 2 nitrogen and oxygen atoms in total. The number of hydrogen-bond acceptors (Lipinski definition) is 1. The van der Waals surface area contributed by atoms with Crippen molar-refractivity contribution in [3.8, 4) is 0 Å². The summed E-state index contributed by atoms with van der Waals surface area (Å²) in [5, 5.41) is 4.55. The minimum atomic E-state index is 0.641. The van der Waals surface area contributed by atoms with E-state index in [-0.39, 0.29) is 0 Å². The Bertz CT molecular complexity index is 294. The topological polar surface area (TPSA) is 17.8 Å². The number of nitrogens with zero attached hydrogens (tertiary/aromatic N) is 2. The van der Waals surface area contributed by atoms with Gasteiger partial charge in [0.2, 0.25) is 0 Å². The second-order valence-electron chi connectivity index (χ2n) is 3.84. The van der Waals surface area contributed by atoms with Crippen LogP contribution in [0.5, 0.6) is 0 Å². The van der Waals surface area contributed by atoms with E-state index in [4.69, 9.17) is 0 Å². The second-order valence-corrected chi connectivity index (χ2v) is 5.14. The number of rotatable bonds is 6. The van der Waals surface area contributed by atoms with E-state index in [2.05, 4.69) is 52.5 Å². The molecule has 0 radical (unpaired) electrons. The quantitative estimate of drug-likeness (QED) is 0.724. The van der Waals surface area contributed by atoms with E-state index in [0.29, 0.717) is 4.83 Å². The standard InChI is InChI=1S/C12H21BrN2/c1-4-10(13)7-8-12-9-11(5-2)14-15(12)6-3/h9-10H,4-8H2,1-3H3. The molecular weight excluding hydrogens is 252 g/mol. The Hall–Kier alpha value is -0.310. The third-order valence-corrected chi connectivity index (χ3v) is 3.84. The highest BCUT2D eigenvalue weighted by molar-refractivity contribution is 9.09. The number of aryl methyl sites for hydroxylation is 3. The molecule has 86 valence electrons. The Balaban J connectivity index is 2.62. The molecule has 0 amide bonds. The van der Waals surface area contributed by atoms with Crippen molar-refractivity contribution in [2.75, 3.05) is 0 Å². The van der Waals surface area contributed by atoms with Crippen LogP contribution in [0.15, 0.2) is 6.07 Å². The molecule has 1 aromatic heterocycles. The van der Waals surface area contributed by atoms with Crippen molar-refractivity contribution in [1.29, 1.82) is 0 Å². The molecule has 0 saturated carbocycles. The van der Waals surface area contributed by atoms with Crippen LogP contribution in [0.4, 0.5) is 0 Å². The largest absolute Gasteiger partial charge is 0.270 e. The number of alkyl halides is 1. The van der Waals surface area contributed by atoms with E-state index in [9.17, 15) is 0 Å². The Morgan fingerprint density at radius 1 is 1.40 bits per heavy atom. The first-order valence-electron chi connectivity index (χ1n) is 5.90. The van der Waals surface area contributed by atoms with Gasteiger partial charge in [0.05, 0.1) is 5.69 Å². The van der Waals surface area contributed by atoms with Gasteiger partial charge in [-0.25, -0.2) is 0 Å². The molecule has 0 N–H and O–H groups in total. The Kier molecular flexibility index (Phi) is 5.37. The molecule has 1 aromatic rings. The van der Waals surface area contributed by atoms with Crippen LogP contribution >= 0.6 is 15.9 Å². The summed E-state index contributed by atoms with van der Waals surface area (Å²) >= 11 is 3.67. The maximum absolute atomic E-state index is 4.55. The lowest BCUT2D eigenvalue weighted by molar-refractivity contribution is 0.598. The molecule has 3 heteroatoms. The minimum absolute atomic E-state index is 0.641. The maximum atomic E-state index is 4.55. The van der Waals surface area contributed by atoms with Crippen LogP contribution < -0.4 is 0 Å². The van der Waals surface area contributed by atoms with E-state index in [1.165, 1.54) is 24.2 Å². The summed E-state index contributed by atoms with van der Waals surface area (Å²) in [4.78, 5) is 0.641. The second kappa shape index (κ2) is 6.31. The first-order valence-corrected chi connectivity index (χ1v) is 6.82. The molecule has 0 aliphatic rings. The molecule has 0 aromatic carbocycles. The predicted molar refractivity (Wildman–Crippen MR) is 68.6 cm³/mol. The summed E-state index contributed by atoms with van der Waals surface area (Å²) in [6.45, 7) is 7.51. The molecule has 1 atom stereocenters. The van der Waals surface area contributed by atoms with Gasteiger partial charge in [0.15, 0.2) is 0 Å². The monoisotopic (exact) mass is 272 g/mol. The molecule has 0 aliphatic heterocycles. The fourth-order valence-corrected chi connectivity index (χ4v) is 1.90. The fraction of sp³-hybridized carbons (Fsp3) is 0.750. The van der Waals surface area contributed by atoms with Crippen molar-refractivity contribution in [3.05, 3.63) is 17.5 Å². The van der Waals surface area contributed by atoms with Crippen LogP contribution in [0.2, 0.25) is 0 Å². The van der Waals surface area contributed by atoms with Crippen LogP contribution in [-0.2, 0) is 19.4 Å². The summed E-state index contributed by atoms with van der Waals surface area (Å²) in [5.41, 5.74) is 2.60. The minimum Gasteiger partial charge on any atom is -0.270 e.